The lowest BCUT2D eigenvalue weighted by Crippen LogP contribution is -2.21. The molecule has 1 aromatic carbocycles. The Morgan fingerprint density at radius 3 is 2.69 bits per heavy atom. The molecule has 2 rings (SSSR count). The van der Waals surface area contributed by atoms with Gasteiger partial charge in [-0.1, -0.05) is 15.9 Å². The molecule has 26 heavy (non-hydrogen) atoms. The van der Waals surface area contributed by atoms with Gasteiger partial charge in [0.2, 0.25) is 0 Å². The van der Waals surface area contributed by atoms with E-state index in [9.17, 15) is 14.4 Å². The highest BCUT2D eigenvalue weighted by atomic mass is 79.9. The minimum Gasteiger partial charge on any atom is -0.483 e. The van der Waals surface area contributed by atoms with Crippen molar-refractivity contribution in [3.63, 3.8) is 0 Å². The van der Waals surface area contributed by atoms with Crippen LogP contribution in [0.3, 0.4) is 0 Å². The molecule has 0 saturated carbocycles. The Labute approximate surface area is 163 Å². The molecule has 6 nitrogen and oxygen atoms in total. The van der Waals surface area contributed by atoms with Gasteiger partial charge in [-0.15, -0.1) is 11.3 Å². The first-order valence-corrected chi connectivity index (χ1v) is 9.42. The van der Waals surface area contributed by atoms with Crippen LogP contribution in [0.1, 0.15) is 38.1 Å². The summed E-state index contributed by atoms with van der Waals surface area (Å²) in [6, 6.07) is 4.92. The van der Waals surface area contributed by atoms with E-state index in [1.54, 1.807) is 25.1 Å². The van der Waals surface area contributed by atoms with Crippen molar-refractivity contribution in [2.75, 3.05) is 18.5 Å². The zero-order chi connectivity index (χ0) is 19.3. The molecule has 1 heterocycles. The molecule has 0 fully saturated rings. The van der Waals surface area contributed by atoms with E-state index in [0.29, 0.717) is 28.2 Å². The summed E-state index contributed by atoms with van der Waals surface area (Å²) in [4.78, 5) is 36.4. The Morgan fingerprint density at radius 1 is 1.31 bits per heavy atom. The monoisotopic (exact) mass is 439 g/mol. The molecule has 2 aromatic rings. The van der Waals surface area contributed by atoms with E-state index < -0.39 is 11.9 Å². The Balaban J connectivity index is 2.10. The van der Waals surface area contributed by atoms with Gasteiger partial charge in [-0.05, 0) is 44.5 Å². The van der Waals surface area contributed by atoms with Gasteiger partial charge < -0.3 is 14.8 Å². The summed E-state index contributed by atoms with van der Waals surface area (Å²) in [5.74, 6) is -0.596. The van der Waals surface area contributed by atoms with Gasteiger partial charge in [0.15, 0.2) is 12.9 Å². The molecule has 1 aromatic heterocycles. The van der Waals surface area contributed by atoms with Crippen molar-refractivity contribution >= 4 is 50.4 Å². The van der Waals surface area contributed by atoms with Crippen LogP contribution in [0.15, 0.2) is 22.7 Å². The van der Waals surface area contributed by atoms with Crippen molar-refractivity contribution in [1.29, 1.82) is 0 Å². The molecule has 1 amide bonds. The van der Waals surface area contributed by atoms with Crippen LogP contribution in [0, 0.1) is 13.8 Å². The van der Waals surface area contributed by atoms with Crippen LogP contribution in [0.5, 0.6) is 5.75 Å². The Kier molecular flexibility index (Phi) is 6.93. The van der Waals surface area contributed by atoms with E-state index >= 15 is 0 Å². The fraction of sp³-hybridized carbons (Fsp3) is 0.278. The van der Waals surface area contributed by atoms with E-state index in [4.69, 9.17) is 9.47 Å². The molecule has 0 aliphatic carbocycles. The third kappa shape index (κ3) is 4.70. The molecule has 1 N–H and O–H groups in total. The lowest BCUT2D eigenvalue weighted by Gasteiger charge is -2.10. The number of benzene rings is 1. The highest BCUT2D eigenvalue weighted by Gasteiger charge is 2.22. The predicted octanol–water partition coefficient (Wildman–Crippen LogP) is 4.13. The number of halogens is 1. The van der Waals surface area contributed by atoms with Crippen LogP contribution in [0.25, 0.3) is 0 Å². The number of thiophene rings is 1. The second-order valence-corrected chi connectivity index (χ2v) is 7.49. The van der Waals surface area contributed by atoms with Gasteiger partial charge in [-0.2, -0.15) is 0 Å². The second kappa shape index (κ2) is 8.95. The normalized spacial score (nSPS) is 10.3. The van der Waals surface area contributed by atoms with Crippen molar-refractivity contribution < 1.29 is 23.9 Å². The van der Waals surface area contributed by atoms with E-state index in [1.165, 1.54) is 11.3 Å². The summed E-state index contributed by atoms with van der Waals surface area (Å²) >= 11 is 4.57. The number of rotatable bonds is 7. The molecule has 0 saturated heterocycles. The van der Waals surface area contributed by atoms with Crippen LogP contribution in [0.2, 0.25) is 0 Å². The molecule has 0 unspecified atom stereocenters. The van der Waals surface area contributed by atoms with E-state index in [-0.39, 0.29) is 13.2 Å². The van der Waals surface area contributed by atoms with Crippen LogP contribution >= 0.6 is 27.3 Å². The van der Waals surface area contributed by atoms with Gasteiger partial charge in [-0.25, -0.2) is 4.79 Å². The summed E-state index contributed by atoms with van der Waals surface area (Å²) in [5, 5.41) is 3.12. The first-order valence-electron chi connectivity index (χ1n) is 7.81. The lowest BCUT2D eigenvalue weighted by atomic mass is 10.1. The average molecular weight is 440 g/mol. The van der Waals surface area contributed by atoms with Gasteiger partial charge in [0.25, 0.3) is 5.91 Å². The van der Waals surface area contributed by atoms with E-state index in [2.05, 4.69) is 21.2 Å². The molecule has 138 valence electrons. The maximum absolute atomic E-state index is 12.2. The third-order valence-electron chi connectivity index (χ3n) is 3.58. The fourth-order valence-corrected chi connectivity index (χ4v) is 3.66. The van der Waals surface area contributed by atoms with Crippen molar-refractivity contribution in [2.24, 2.45) is 0 Å². The van der Waals surface area contributed by atoms with Crippen molar-refractivity contribution in [3.05, 3.63) is 44.2 Å². The molecule has 0 spiro atoms. The summed E-state index contributed by atoms with van der Waals surface area (Å²) < 4.78 is 11.2. The van der Waals surface area contributed by atoms with Crippen LogP contribution in [-0.4, -0.2) is 31.4 Å². The van der Waals surface area contributed by atoms with Gasteiger partial charge in [0.05, 0.1) is 17.7 Å². The van der Waals surface area contributed by atoms with E-state index in [1.807, 2.05) is 13.8 Å². The number of anilines is 1. The number of carbonyl (C=O) groups excluding carboxylic acids is 3. The predicted molar refractivity (Wildman–Crippen MR) is 103 cm³/mol. The molecule has 0 aliphatic rings. The quantitative estimate of drug-likeness (QED) is 0.517. The van der Waals surface area contributed by atoms with Crippen molar-refractivity contribution in [3.8, 4) is 5.75 Å². The standard InChI is InChI=1S/C18H18BrNO5S/c1-4-24-18(23)16-10(2)11(3)26-17(16)20-15(22)9-25-14-6-5-13(19)7-12(14)8-21/h5-8H,4,9H2,1-3H3,(H,20,22). The smallest absolute Gasteiger partial charge is 0.341 e. The molecule has 0 atom stereocenters. The van der Waals surface area contributed by atoms with Crippen LogP contribution in [-0.2, 0) is 9.53 Å². The van der Waals surface area contributed by atoms with Crippen molar-refractivity contribution in [1.82, 2.24) is 0 Å². The number of hydrogen-bond donors (Lipinski definition) is 1. The summed E-state index contributed by atoms with van der Waals surface area (Å²) in [6.07, 6.45) is 0.656. The zero-order valence-electron chi connectivity index (χ0n) is 14.6. The Bertz CT molecular complexity index is 846. The van der Waals surface area contributed by atoms with Crippen LogP contribution < -0.4 is 10.1 Å². The second-order valence-electron chi connectivity index (χ2n) is 5.34. The minimum atomic E-state index is -0.471. The number of amides is 1. The van der Waals surface area contributed by atoms with Gasteiger partial charge in [0, 0.05) is 9.35 Å². The van der Waals surface area contributed by atoms with Crippen molar-refractivity contribution in [2.45, 2.75) is 20.8 Å². The SMILES string of the molecule is CCOC(=O)c1c(NC(=O)COc2ccc(Br)cc2C=O)sc(C)c1C. The first kappa shape index (κ1) is 20.1. The van der Waals surface area contributed by atoms with Gasteiger partial charge in [0.1, 0.15) is 10.8 Å². The molecule has 0 radical (unpaired) electrons. The maximum Gasteiger partial charge on any atom is 0.341 e. The largest absolute Gasteiger partial charge is 0.483 e. The third-order valence-corrected chi connectivity index (χ3v) is 5.19. The zero-order valence-corrected chi connectivity index (χ0v) is 17.0. The first-order chi connectivity index (χ1) is 12.4. The maximum atomic E-state index is 12.2. The minimum absolute atomic E-state index is 0.252. The number of hydrogen-bond acceptors (Lipinski definition) is 6. The molecular formula is C18H18BrNO5S. The number of carbonyl (C=O) groups is 3. The average Bonchev–Trinajstić information content (AvgIpc) is 2.87. The molecule has 8 heteroatoms. The van der Waals surface area contributed by atoms with Crippen LogP contribution in [0.4, 0.5) is 5.00 Å². The Morgan fingerprint density at radius 2 is 2.04 bits per heavy atom. The number of esters is 1. The summed E-state index contributed by atoms with van der Waals surface area (Å²) in [6.45, 7) is 5.36. The highest BCUT2D eigenvalue weighted by molar-refractivity contribution is 9.10. The number of aldehydes is 1. The summed E-state index contributed by atoms with van der Waals surface area (Å²) in [5.41, 5.74) is 1.47. The number of ether oxygens (including phenoxy) is 2. The molecular weight excluding hydrogens is 422 g/mol. The van der Waals surface area contributed by atoms with Gasteiger partial charge in [-0.3, -0.25) is 9.59 Å². The molecule has 0 bridgehead atoms. The summed E-state index contributed by atoms with van der Waals surface area (Å²) in [7, 11) is 0. The molecule has 0 aliphatic heterocycles. The highest BCUT2D eigenvalue weighted by Crippen LogP contribution is 2.33. The fourth-order valence-electron chi connectivity index (χ4n) is 2.21. The van der Waals surface area contributed by atoms with E-state index in [0.717, 1.165) is 14.9 Å². The van der Waals surface area contributed by atoms with Gasteiger partial charge >= 0.3 is 5.97 Å². The Hall–Kier alpha value is -2.19. The lowest BCUT2D eigenvalue weighted by molar-refractivity contribution is -0.118. The topological polar surface area (TPSA) is 81.7 Å². The number of nitrogens with one attached hydrogen (secondary N) is 1. The number of aryl methyl sites for hydroxylation is 1.